The van der Waals surface area contributed by atoms with Gasteiger partial charge in [-0.25, -0.2) is 0 Å². The molecule has 0 amide bonds. The molecule has 5 N–H and O–H groups in total. The largest absolute Gasteiger partial charge is 0.508 e. The number of ether oxygens (including phenoxy) is 1. The number of aromatic hydroxyl groups is 2. The summed E-state index contributed by atoms with van der Waals surface area (Å²) >= 11 is 0. The molecule has 0 saturated heterocycles. The summed E-state index contributed by atoms with van der Waals surface area (Å²) in [6.45, 7) is 0. The fourth-order valence-electron chi connectivity index (χ4n) is 2.49. The van der Waals surface area contributed by atoms with Gasteiger partial charge in [0.05, 0.1) is 5.56 Å². The molecule has 3 atom stereocenters. The Kier molecular flexibility index (Phi) is 3.02. The normalized spacial score (nSPS) is 27.8. The molecule has 0 aliphatic carbocycles. The maximum atomic E-state index is 10.6. The van der Waals surface area contributed by atoms with Gasteiger partial charge in [-0.1, -0.05) is 30.3 Å². The molecule has 110 valence electrons. The molecule has 6 nitrogen and oxygen atoms in total. The molecular formula is C15H14O6. The van der Waals surface area contributed by atoms with Crippen LogP contribution < -0.4 is 4.74 Å². The second-order valence-corrected chi connectivity index (χ2v) is 4.93. The highest BCUT2D eigenvalue weighted by Crippen LogP contribution is 2.48. The van der Waals surface area contributed by atoms with Crippen LogP contribution in [-0.4, -0.2) is 31.6 Å². The molecule has 2 aromatic carbocycles. The Bertz CT molecular complexity index is 671. The van der Waals surface area contributed by atoms with Crippen molar-refractivity contribution in [2.24, 2.45) is 0 Å². The molecule has 0 bridgehead atoms. The number of aliphatic hydroxyl groups is 3. The lowest BCUT2D eigenvalue weighted by atomic mass is 9.88. The lowest BCUT2D eigenvalue weighted by molar-refractivity contribution is -0.252. The van der Waals surface area contributed by atoms with E-state index in [1.54, 1.807) is 18.2 Å². The van der Waals surface area contributed by atoms with Gasteiger partial charge in [-0.3, -0.25) is 0 Å². The van der Waals surface area contributed by atoms with Crippen LogP contribution in [0.4, 0.5) is 0 Å². The Morgan fingerprint density at radius 2 is 1.67 bits per heavy atom. The van der Waals surface area contributed by atoms with Gasteiger partial charge in [0.1, 0.15) is 23.4 Å². The quantitative estimate of drug-likeness (QED) is 0.529. The number of aliphatic hydroxyl groups excluding tert-OH is 2. The molecule has 6 heteroatoms. The lowest BCUT2D eigenvalue weighted by Gasteiger charge is -2.41. The van der Waals surface area contributed by atoms with Gasteiger partial charge in [-0.15, -0.1) is 0 Å². The van der Waals surface area contributed by atoms with Crippen LogP contribution >= 0.6 is 0 Å². The van der Waals surface area contributed by atoms with E-state index in [1.807, 2.05) is 0 Å². The van der Waals surface area contributed by atoms with Crippen molar-refractivity contribution >= 4 is 0 Å². The second-order valence-electron chi connectivity index (χ2n) is 4.93. The number of fused-ring (bicyclic) bond motifs is 1. The summed E-state index contributed by atoms with van der Waals surface area (Å²) in [5.41, 5.74) is 0.158. The minimum atomic E-state index is -2.19. The fourth-order valence-corrected chi connectivity index (χ4v) is 2.49. The van der Waals surface area contributed by atoms with Crippen molar-refractivity contribution in [3.05, 3.63) is 53.6 Å². The van der Waals surface area contributed by atoms with Gasteiger partial charge in [0.25, 0.3) is 5.79 Å². The van der Waals surface area contributed by atoms with Crippen LogP contribution in [0.25, 0.3) is 0 Å². The fraction of sp³-hybridized carbons (Fsp3) is 0.200. The Hall–Kier alpha value is -2.28. The molecule has 0 saturated carbocycles. The minimum Gasteiger partial charge on any atom is -0.508 e. The van der Waals surface area contributed by atoms with E-state index in [0.29, 0.717) is 0 Å². The molecule has 3 unspecified atom stereocenters. The van der Waals surface area contributed by atoms with Gasteiger partial charge in [-0.2, -0.15) is 0 Å². The van der Waals surface area contributed by atoms with E-state index >= 15 is 0 Å². The zero-order valence-corrected chi connectivity index (χ0v) is 10.8. The predicted molar refractivity (Wildman–Crippen MR) is 71.7 cm³/mol. The maximum absolute atomic E-state index is 10.6. The summed E-state index contributed by atoms with van der Waals surface area (Å²) in [5.74, 6) is -3.00. The summed E-state index contributed by atoms with van der Waals surface area (Å²) in [5, 5.41) is 50.2. The Labute approximate surface area is 120 Å². The Morgan fingerprint density at radius 1 is 1.00 bits per heavy atom. The maximum Gasteiger partial charge on any atom is 0.264 e. The van der Waals surface area contributed by atoms with E-state index in [-0.39, 0.29) is 22.6 Å². The SMILES string of the molecule is Oc1cc(O)c2c(c1)OC(O)(c1ccccc1)C(O)C2O. The molecule has 1 heterocycles. The molecule has 21 heavy (non-hydrogen) atoms. The number of phenols is 2. The zero-order chi connectivity index (χ0) is 15.2. The van der Waals surface area contributed by atoms with Gasteiger partial charge in [0.15, 0.2) is 6.10 Å². The van der Waals surface area contributed by atoms with Gasteiger partial charge >= 0.3 is 0 Å². The van der Waals surface area contributed by atoms with Gasteiger partial charge in [0.2, 0.25) is 0 Å². The molecule has 0 fully saturated rings. The highest BCUT2D eigenvalue weighted by molar-refractivity contribution is 5.53. The van der Waals surface area contributed by atoms with Crippen molar-refractivity contribution in [3.8, 4) is 17.2 Å². The standard InChI is InChI=1S/C15H14O6/c16-9-6-10(17)12-11(7-9)21-15(20,14(19)13(12)18)8-4-2-1-3-5-8/h1-7,13-14,16-20H. The van der Waals surface area contributed by atoms with Crippen LogP contribution in [0.15, 0.2) is 42.5 Å². The highest BCUT2D eigenvalue weighted by Gasteiger charge is 2.50. The summed E-state index contributed by atoms with van der Waals surface area (Å²) in [7, 11) is 0. The van der Waals surface area contributed by atoms with E-state index in [4.69, 9.17) is 4.74 Å². The van der Waals surface area contributed by atoms with Crippen molar-refractivity contribution in [1.29, 1.82) is 0 Å². The summed E-state index contributed by atoms with van der Waals surface area (Å²) in [6.07, 6.45) is -3.28. The van der Waals surface area contributed by atoms with Crippen LogP contribution in [-0.2, 0) is 5.79 Å². The average Bonchev–Trinajstić information content (AvgIpc) is 2.45. The monoisotopic (exact) mass is 290 g/mol. The predicted octanol–water partition coefficient (Wildman–Crippen LogP) is 0.730. The number of hydrogen-bond donors (Lipinski definition) is 5. The van der Waals surface area contributed by atoms with Gasteiger partial charge in [-0.05, 0) is 0 Å². The molecule has 0 spiro atoms. The van der Waals surface area contributed by atoms with Crippen LogP contribution in [0.5, 0.6) is 17.2 Å². The molecule has 3 rings (SSSR count). The Morgan fingerprint density at radius 3 is 2.33 bits per heavy atom. The third-order valence-corrected chi connectivity index (χ3v) is 3.55. The van der Waals surface area contributed by atoms with E-state index in [2.05, 4.69) is 0 Å². The minimum absolute atomic E-state index is 0.0825. The Balaban J connectivity index is 2.15. The van der Waals surface area contributed by atoms with Crippen LogP contribution in [0.1, 0.15) is 17.2 Å². The molecule has 0 radical (unpaired) electrons. The first kappa shape index (κ1) is 13.7. The van der Waals surface area contributed by atoms with Gasteiger partial charge < -0.3 is 30.3 Å². The first-order valence-electron chi connectivity index (χ1n) is 6.32. The van der Waals surface area contributed by atoms with Crippen LogP contribution in [0, 0.1) is 0 Å². The zero-order valence-electron chi connectivity index (χ0n) is 10.8. The van der Waals surface area contributed by atoms with Crippen molar-refractivity contribution < 1.29 is 30.3 Å². The van der Waals surface area contributed by atoms with Crippen molar-refractivity contribution in [1.82, 2.24) is 0 Å². The van der Waals surface area contributed by atoms with Crippen LogP contribution in [0.2, 0.25) is 0 Å². The number of rotatable bonds is 1. The lowest BCUT2D eigenvalue weighted by Crippen LogP contribution is -2.50. The van der Waals surface area contributed by atoms with E-state index in [1.165, 1.54) is 12.1 Å². The van der Waals surface area contributed by atoms with Crippen molar-refractivity contribution in [3.63, 3.8) is 0 Å². The number of hydrogen-bond acceptors (Lipinski definition) is 6. The highest BCUT2D eigenvalue weighted by atomic mass is 16.6. The second kappa shape index (κ2) is 4.63. The molecule has 0 aromatic heterocycles. The first-order valence-corrected chi connectivity index (χ1v) is 6.32. The summed E-state index contributed by atoms with van der Waals surface area (Å²) in [4.78, 5) is 0. The van der Waals surface area contributed by atoms with E-state index in [9.17, 15) is 25.5 Å². The van der Waals surface area contributed by atoms with E-state index < -0.39 is 23.7 Å². The summed E-state index contributed by atoms with van der Waals surface area (Å²) in [6, 6.07) is 10.2. The smallest absolute Gasteiger partial charge is 0.264 e. The number of phenolic OH excluding ortho intramolecular Hbond substituents is 2. The molecule has 1 aliphatic heterocycles. The van der Waals surface area contributed by atoms with Crippen molar-refractivity contribution in [2.75, 3.05) is 0 Å². The topological polar surface area (TPSA) is 110 Å². The average molecular weight is 290 g/mol. The summed E-state index contributed by atoms with van der Waals surface area (Å²) < 4.78 is 5.38. The third kappa shape index (κ3) is 2.01. The third-order valence-electron chi connectivity index (χ3n) is 3.55. The van der Waals surface area contributed by atoms with Crippen molar-refractivity contribution in [2.45, 2.75) is 18.0 Å². The molecular weight excluding hydrogens is 276 g/mol. The molecule has 2 aromatic rings. The van der Waals surface area contributed by atoms with E-state index in [0.717, 1.165) is 12.1 Å². The van der Waals surface area contributed by atoms with Gasteiger partial charge in [0, 0.05) is 17.7 Å². The first-order chi connectivity index (χ1) is 9.93. The van der Waals surface area contributed by atoms with Crippen LogP contribution in [0.3, 0.4) is 0 Å². The molecule has 1 aliphatic rings. The number of benzene rings is 2.